The van der Waals surface area contributed by atoms with Crippen molar-refractivity contribution in [2.45, 2.75) is 6.92 Å². The van der Waals surface area contributed by atoms with Crippen LogP contribution in [-0.2, 0) is 7.05 Å². The van der Waals surface area contributed by atoms with Gasteiger partial charge in [0.1, 0.15) is 17.2 Å². The first kappa shape index (κ1) is 11.5. The van der Waals surface area contributed by atoms with Gasteiger partial charge in [-0.05, 0) is 24.6 Å². The Morgan fingerprint density at radius 1 is 1.42 bits per heavy atom. The summed E-state index contributed by atoms with van der Waals surface area (Å²) in [5.41, 5.74) is 2.25. The van der Waals surface area contributed by atoms with Gasteiger partial charge < -0.3 is 10.3 Å². The highest BCUT2D eigenvalue weighted by molar-refractivity contribution is 6.05. The molecule has 3 aromatic rings. The summed E-state index contributed by atoms with van der Waals surface area (Å²) in [6, 6.07) is 5.52. The van der Waals surface area contributed by atoms with E-state index in [9.17, 15) is 4.79 Å². The quantitative estimate of drug-likeness (QED) is 0.733. The zero-order chi connectivity index (χ0) is 13.4. The second-order valence-corrected chi connectivity index (χ2v) is 4.43. The molecule has 3 rings (SSSR count). The molecule has 0 aliphatic carbocycles. The maximum Gasteiger partial charge on any atom is 0.273 e. The van der Waals surface area contributed by atoms with E-state index in [1.54, 1.807) is 36.3 Å². The van der Waals surface area contributed by atoms with Crippen LogP contribution in [0.1, 0.15) is 16.1 Å². The van der Waals surface area contributed by atoms with Gasteiger partial charge in [0, 0.05) is 24.7 Å². The molecule has 19 heavy (non-hydrogen) atoms. The Bertz CT molecular complexity index is 755. The summed E-state index contributed by atoms with van der Waals surface area (Å²) in [4.78, 5) is 19.4. The van der Waals surface area contributed by atoms with Crippen LogP contribution >= 0.6 is 0 Å². The van der Waals surface area contributed by atoms with E-state index >= 15 is 0 Å². The molecular weight excluding hydrogens is 242 g/mol. The minimum atomic E-state index is -0.209. The highest BCUT2D eigenvalue weighted by Gasteiger charge is 2.11. The van der Waals surface area contributed by atoms with Crippen LogP contribution < -0.4 is 5.32 Å². The number of carbonyl (C=O) groups is 1. The average Bonchev–Trinajstić information content (AvgIpc) is 2.96. The Kier molecular flexibility index (Phi) is 2.56. The molecule has 0 saturated carbocycles. The molecule has 0 saturated heterocycles. The van der Waals surface area contributed by atoms with Crippen molar-refractivity contribution in [3.63, 3.8) is 0 Å². The average molecular weight is 255 g/mol. The van der Waals surface area contributed by atoms with Gasteiger partial charge in [0.15, 0.2) is 0 Å². The molecule has 0 atom stereocenters. The van der Waals surface area contributed by atoms with E-state index in [4.69, 9.17) is 0 Å². The SMILES string of the molecule is Cc1cnc2[nH]c(C(=O)Nc3ccnn3C)cc2c1. The molecule has 0 unspecified atom stereocenters. The van der Waals surface area contributed by atoms with Gasteiger partial charge in [0.25, 0.3) is 5.91 Å². The second kappa shape index (κ2) is 4.24. The molecule has 0 bridgehead atoms. The van der Waals surface area contributed by atoms with E-state index in [0.717, 1.165) is 10.9 Å². The number of nitrogens with zero attached hydrogens (tertiary/aromatic N) is 3. The van der Waals surface area contributed by atoms with Crippen molar-refractivity contribution in [1.82, 2.24) is 19.7 Å². The van der Waals surface area contributed by atoms with Crippen molar-refractivity contribution in [2.75, 3.05) is 5.32 Å². The third-order valence-corrected chi connectivity index (χ3v) is 2.91. The molecule has 3 heterocycles. The lowest BCUT2D eigenvalue weighted by Gasteiger charge is -2.02. The standard InChI is InChI=1S/C13H13N5O/c1-8-5-9-6-10(16-12(9)14-7-8)13(19)17-11-3-4-15-18(11)2/h3-7H,1-2H3,(H,14,16)(H,17,19). The Balaban J connectivity index is 1.91. The fourth-order valence-electron chi connectivity index (χ4n) is 1.93. The Labute approximate surface area is 109 Å². The number of hydrogen-bond acceptors (Lipinski definition) is 3. The number of nitrogens with one attached hydrogen (secondary N) is 2. The number of rotatable bonds is 2. The summed E-state index contributed by atoms with van der Waals surface area (Å²) < 4.78 is 1.60. The molecule has 0 aromatic carbocycles. The summed E-state index contributed by atoms with van der Waals surface area (Å²) in [6.45, 7) is 1.97. The summed E-state index contributed by atoms with van der Waals surface area (Å²) in [6.07, 6.45) is 3.40. The number of aryl methyl sites for hydroxylation is 2. The Hall–Kier alpha value is -2.63. The van der Waals surface area contributed by atoms with E-state index in [1.807, 2.05) is 13.0 Å². The fraction of sp³-hybridized carbons (Fsp3) is 0.154. The lowest BCUT2D eigenvalue weighted by molar-refractivity contribution is 0.102. The molecule has 6 heteroatoms. The van der Waals surface area contributed by atoms with Crippen molar-refractivity contribution < 1.29 is 4.79 Å². The zero-order valence-corrected chi connectivity index (χ0v) is 10.6. The number of fused-ring (bicyclic) bond motifs is 1. The van der Waals surface area contributed by atoms with Gasteiger partial charge >= 0.3 is 0 Å². The number of pyridine rings is 1. The van der Waals surface area contributed by atoms with E-state index in [0.29, 0.717) is 17.2 Å². The first-order valence-electron chi connectivity index (χ1n) is 5.88. The van der Waals surface area contributed by atoms with Crippen molar-refractivity contribution in [3.8, 4) is 0 Å². The molecule has 3 aromatic heterocycles. The number of amides is 1. The van der Waals surface area contributed by atoms with Crippen LogP contribution in [0.4, 0.5) is 5.82 Å². The van der Waals surface area contributed by atoms with Gasteiger partial charge in [-0.15, -0.1) is 0 Å². The van der Waals surface area contributed by atoms with Crippen LogP contribution in [-0.4, -0.2) is 25.7 Å². The highest BCUT2D eigenvalue weighted by atomic mass is 16.2. The zero-order valence-electron chi connectivity index (χ0n) is 10.6. The van der Waals surface area contributed by atoms with E-state index in [-0.39, 0.29) is 5.91 Å². The van der Waals surface area contributed by atoms with Gasteiger partial charge in [0.2, 0.25) is 0 Å². The predicted octanol–water partition coefficient (Wildman–Crippen LogP) is 1.86. The van der Waals surface area contributed by atoms with Crippen molar-refractivity contribution >= 4 is 22.8 Å². The number of aromatic amines is 1. The van der Waals surface area contributed by atoms with Gasteiger partial charge in [-0.1, -0.05) is 0 Å². The van der Waals surface area contributed by atoms with Gasteiger partial charge in [-0.2, -0.15) is 5.10 Å². The van der Waals surface area contributed by atoms with E-state index in [2.05, 4.69) is 20.4 Å². The topological polar surface area (TPSA) is 75.6 Å². The van der Waals surface area contributed by atoms with Crippen LogP contribution in [0.5, 0.6) is 0 Å². The minimum Gasteiger partial charge on any atom is -0.335 e. The van der Waals surface area contributed by atoms with E-state index in [1.165, 1.54) is 0 Å². The lowest BCUT2D eigenvalue weighted by Crippen LogP contribution is -2.14. The largest absolute Gasteiger partial charge is 0.335 e. The molecule has 0 fully saturated rings. The lowest BCUT2D eigenvalue weighted by atomic mass is 10.2. The highest BCUT2D eigenvalue weighted by Crippen LogP contribution is 2.15. The molecule has 0 spiro atoms. The monoisotopic (exact) mass is 255 g/mol. The van der Waals surface area contributed by atoms with Crippen LogP contribution in [0.25, 0.3) is 11.0 Å². The van der Waals surface area contributed by atoms with Crippen LogP contribution in [0.3, 0.4) is 0 Å². The van der Waals surface area contributed by atoms with Gasteiger partial charge in [-0.3, -0.25) is 9.48 Å². The number of anilines is 1. The van der Waals surface area contributed by atoms with Gasteiger partial charge in [0.05, 0.1) is 6.20 Å². The van der Waals surface area contributed by atoms with Crippen LogP contribution in [0.15, 0.2) is 30.6 Å². The second-order valence-electron chi connectivity index (χ2n) is 4.43. The Morgan fingerprint density at radius 3 is 3.00 bits per heavy atom. The third-order valence-electron chi connectivity index (χ3n) is 2.91. The first-order chi connectivity index (χ1) is 9.13. The maximum atomic E-state index is 12.1. The van der Waals surface area contributed by atoms with E-state index < -0.39 is 0 Å². The summed E-state index contributed by atoms with van der Waals surface area (Å²) in [5, 5.41) is 7.71. The third kappa shape index (κ3) is 2.08. The molecular formula is C13H13N5O. The number of H-pyrrole nitrogens is 1. The maximum absolute atomic E-state index is 12.1. The summed E-state index contributed by atoms with van der Waals surface area (Å²) in [7, 11) is 1.77. The molecule has 0 radical (unpaired) electrons. The molecule has 2 N–H and O–H groups in total. The number of hydrogen-bond donors (Lipinski definition) is 2. The molecule has 0 aliphatic rings. The minimum absolute atomic E-state index is 0.209. The smallest absolute Gasteiger partial charge is 0.273 e. The van der Waals surface area contributed by atoms with Crippen molar-refractivity contribution in [1.29, 1.82) is 0 Å². The van der Waals surface area contributed by atoms with Crippen molar-refractivity contribution in [3.05, 3.63) is 41.9 Å². The van der Waals surface area contributed by atoms with Gasteiger partial charge in [-0.25, -0.2) is 4.98 Å². The molecule has 1 amide bonds. The summed E-state index contributed by atoms with van der Waals surface area (Å²) in [5.74, 6) is 0.437. The predicted molar refractivity (Wildman–Crippen MR) is 72.0 cm³/mol. The Morgan fingerprint density at radius 2 is 2.26 bits per heavy atom. The van der Waals surface area contributed by atoms with Crippen LogP contribution in [0.2, 0.25) is 0 Å². The first-order valence-corrected chi connectivity index (χ1v) is 5.88. The summed E-state index contributed by atoms with van der Waals surface area (Å²) >= 11 is 0. The number of aromatic nitrogens is 4. The van der Waals surface area contributed by atoms with Crippen molar-refractivity contribution in [2.24, 2.45) is 7.05 Å². The normalized spacial score (nSPS) is 10.8. The molecule has 96 valence electrons. The van der Waals surface area contributed by atoms with Crippen LogP contribution in [0, 0.1) is 6.92 Å². The number of carbonyl (C=O) groups excluding carboxylic acids is 1. The fourth-order valence-corrected chi connectivity index (χ4v) is 1.93. The molecule has 0 aliphatic heterocycles. The molecule has 6 nitrogen and oxygen atoms in total.